The molecule has 1 aliphatic heterocycles. The average molecular weight is 699 g/mol. The topological polar surface area (TPSA) is 156 Å². The van der Waals surface area contributed by atoms with E-state index in [1.165, 1.54) is 27.4 Å². The number of aromatic hydroxyl groups is 2. The van der Waals surface area contributed by atoms with Crippen molar-refractivity contribution in [2.24, 2.45) is 0 Å². The number of nitrogens with one attached hydrogen (secondary N) is 2. The summed E-state index contributed by atoms with van der Waals surface area (Å²) in [5.74, 6) is -1.81. The summed E-state index contributed by atoms with van der Waals surface area (Å²) in [5.41, 5.74) is 2.62. The number of fused-ring (bicyclic) bond motifs is 2. The van der Waals surface area contributed by atoms with Gasteiger partial charge in [0.2, 0.25) is 11.7 Å². The summed E-state index contributed by atoms with van der Waals surface area (Å²) >= 11 is 0. The van der Waals surface area contributed by atoms with Crippen LogP contribution in [0.4, 0.5) is 0 Å². The summed E-state index contributed by atoms with van der Waals surface area (Å²) < 4.78 is 22.5. The fourth-order valence-corrected chi connectivity index (χ4v) is 6.64. The lowest BCUT2D eigenvalue weighted by atomic mass is 9.84. The number of carbonyl (C=O) groups is 3. The van der Waals surface area contributed by atoms with Crippen LogP contribution in [-0.2, 0) is 20.7 Å². The van der Waals surface area contributed by atoms with Crippen LogP contribution in [0.15, 0.2) is 54.7 Å². The lowest BCUT2D eigenvalue weighted by Gasteiger charge is -2.24. The molecule has 1 amide bonds. The second-order valence-corrected chi connectivity index (χ2v) is 12.7. The standard InChI is InChI=1S/C40H46N2O9/c1-24-11-10-14-28(43)13-7-5-6-12-25-19-32(44)37(38(46)36(25)40(47)51-24)30(27-20-33(48-2)39(50-4)34(21-27)49-3)22-35(45)41-18-17-26-23-42-31-16-9-8-15-29(26)31/h6,8-9,12,15-16,19-21,23-24,30,42,44,46H,5,7,10-11,13-14,17-18,22H2,1-4H3,(H,41,45). The molecule has 51 heavy (non-hydrogen) atoms. The van der Waals surface area contributed by atoms with Crippen LogP contribution in [0, 0.1) is 0 Å². The highest BCUT2D eigenvalue weighted by atomic mass is 16.5. The second kappa shape index (κ2) is 17.0. The molecule has 0 saturated heterocycles. The minimum absolute atomic E-state index is 0.0282. The molecule has 2 atom stereocenters. The molecule has 2 unspecified atom stereocenters. The number of phenols is 2. The Morgan fingerprint density at radius 2 is 1.75 bits per heavy atom. The Kier molecular flexibility index (Phi) is 12.3. The molecular weight excluding hydrogens is 652 g/mol. The van der Waals surface area contributed by atoms with Crippen molar-refractivity contribution in [3.8, 4) is 28.7 Å². The molecule has 5 rings (SSSR count). The molecule has 11 nitrogen and oxygen atoms in total. The number of esters is 1. The number of allylic oxidation sites excluding steroid dienone is 1. The Hall–Kier alpha value is -5.45. The third-order valence-corrected chi connectivity index (χ3v) is 9.27. The van der Waals surface area contributed by atoms with Crippen LogP contribution in [0.1, 0.15) is 90.4 Å². The van der Waals surface area contributed by atoms with Gasteiger partial charge in [-0.1, -0.05) is 30.4 Å². The summed E-state index contributed by atoms with van der Waals surface area (Å²) in [6.45, 7) is 2.08. The molecule has 0 spiro atoms. The molecular formula is C40H46N2O9. The number of hydrogen-bond acceptors (Lipinski definition) is 9. The Labute approximate surface area is 297 Å². The summed E-state index contributed by atoms with van der Waals surface area (Å²) in [7, 11) is 4.41. The molecule has 3 aromatic carbocycles. The normalized spacial score (nSPS) is 16.1. The van der Waals surface area contributed by atoms with Crippen molar-refractivity contribution in [2.45, 2.75) is 70.3 Å². The number of rotatable bonds is 10. The van der Waals surface area contributed by atoms with Gasteiger partial charge >= 0.3 is 5.97 Å². The number of ether oxygens (including phenoxy) is 4. The minimum atomic E-state index is -0.967. The number of hydrogen-bond donors (Lipinski definition) is 4. The van der Waals surface area contributed by atoms with Gasteiger partial charge in [-0.25, -0.2) is 4.79 Å². The highest BCUT2D eigenvalue weighted by Gasteiger charge is 2.32. The van der Waals surface area contributed by atoms with Crippen LogP contribution in [0.3, 0.4) is 0 Å². The van der Waals surface area contributed by atoms with E-state index in [1.807, 2.05) is 30.5 Å². The predicted molar refractivity (Wildman–Crippen MR) is 194 cm³/mol. The van der Waals surface area contributed by atoms with E-state index < -0.39 is 23.7 Å². The van der Waals surface area contributed by atoms with Crippen LogP contribution in [0.5, 0.6) is 28.7 Å². The Balaban J connectivity index is 1.55. The van der Waals surface area contributed by atoms with Gasteiger partial charge in [-0.2, -0.15) is 0 Å². The zero-order valence-electron chi connectivity index (χ0n) is 29.5. The van der Waals surface area contributed by atoms with Gasteiger partial charge in [0.1, 0.15) is 22.8 Å². The van der Waals surface area contributed by atoms with Crippen molar-refractivity contribution in [2.75, 3.05) is 27.9 Å². The van der Waals surface area contributed by atoms with Gasteiger partial charge in [0.25, 0.3) is 0 Å². The van der Waals surface area contributed by atoms with E-state index in [0.717, 1.165) is 16.5 Å². The predicted octanol–water partition coefficient (Wildman–Crippen LogP) is 6.97. The second-order valence-electron chi connectivity index (χ2n) is 12.7. The van der Waals surface area contributed by atoms with Crippen molar-refractivity contribution in [1.82, 2.24) is 10.3 Å². The number of aromatic amines is 1. The molecule has 2 heterocycles. The maximum atomic E-state index is 13.7. The summed E-state index contributed by atoms with van der Waals surface area (Å²) in [6.07, 6.45) is 8.29. The van der Waals surface area contributed by atoms with E-state index in [2.05, 4.69) is 10.3 Å². The summed E-state index contributed by atoms with van der Waals surface area (Å²) in [6, 6.07) is 12.6. The molecule has 0 fully saturated rings. The summed E-state index contributed by atoms with van der Waals surface area (Å²) in [4.78, 5) is 42.9. The van der Waals surface area contributed by atoms with Gasteiger partial charge < -0.3 is 39.5 Å². The first-order chi connectivity index (χ1) is 24.6. The van der Waals surface area contributed by atoms with E-state index >= 15 is 0 Å². The fraction of sp³-hybridized carbons (Fsp3) is 0.375. The summed E-state index contributed by atoms with van der Waals surface area (Å²) in [5, 5.41) is 27.6. The van der Waals surface area contributed by atoms with Crippen LogP contribution in [0.2, 0.25) is 0 Å². The maximum Gasteiger partial charge on any atom is 0.342 e. The van der Waals surface area contributed by atoms with E-state index in [0.29, 0.717) is 74.3 Å². The minimum Gasteiger partial charge on any atom is -0.507 e. The Morgan fingerprint density at radius 1 is 1.02 bits per heavy atom. The molecule has 270 valence electrons. The zero-order valence-corrected chi connectivity index (χ0v) is 29.5. The molecule has 0 radical (unpaired) electrons. The number of cyclic esters (lactones) is 1. The number of carbonyl (C=O) groups excluding carboxylic acids is 3. The third kappa shape index (κ3) is 8.65. The molecule has 1 aliphatic rings. The number of H-pyrrole nitrogens is 1. The first-order valence-corrected chi connectivity index (χ1v) is 17.2. The first-order valence-electron chi connectivity index (χ1n) is 17.2. The molecule has 1 aromatic heterocycles. The molecule has 11 heteroatoms. The van der Waals surface area contributed by atoms with Gasteiger partial charge in [-0.15, -0.1) is 0 Å². The van der Waals surface area contributed by atoms with Crippen LogP contribution >= 0.6 is 0 Å². The highest BCUT2D eigenvalue weighted by Crippen LogP contribution is 2.47. The molecule has 0 saturated carbocycles. The van der Waals surface area contributed by atoms with Crippen molar-refractivity contribution in [3.63, 3.8) is 0 Å². The number of amides is 1. The number of Topliss-reactive ketones (excluding diaryl/α,β-unsaturated/α-hetero) is 1. The van der Waals surface area contributed by atoms with Gasteiger partial charge in [-0.3, -0.25) is 9.59 Å². The maximum absolute atomic E-state index is 13.7. The number of aromatic nitrogens is 1. The van der Waals surface area contributed by atoms with Gasteiger partial charge in [0.05, 0.1) is 27.4 Å². The Morgan fingerprint density at radius 3 is 2.47 bits per heavy atom. The van der Waals surface area contributed by atoms with E-state index in [1.54, 1.807) is 31.2 Å². The number of para-hydroxylation sites is 1. The SMILES string of the molecule is COc1cc(C(CC(=O)NCCc2c[nH]c3ccccc23)c2c(O)cc3c(c2O)C(=O)OC(C)CCCC(=O)CCCC=C3)cc(OC)c1OC. The van der Waals surface area contributed by atoms with Crippen molar-refractivity contribution < 1.29 is 43.5 Å². The van der Waals surface area contributed by atoms with Crippen LogP contribution in [-0.4, -0.2) is 66.8 Å². The van der Waals surface area contributed by atoms with Gasteiger partial charge in [-0.05, 0) is 80.0 Å². The molecule has 0 bridgehead atoms. The lowest BCUT2D eigenvalue weighted by molar-refractivity contribution is -0.121. The fourth-order valence-electron chi connectivity index (χ4n) is 6.64. The van der Waals surface area contributed by atoms with Crippen LogP contribution < -0.4 is 19.5 Å². The van der Waals surface area contributed by atoms with Gasteiger partial charge in [0, 0.05) is 54.4 Å². The van der Waals surface area contributed by atoms with Gasteiger partial charge in [0.15, 0.2) is 11.5 Å². The first kappa shape index (κ1) is 36.8. The highest BCUT2D eigenvalue weighted by molar-refractivity contribution is 5.98. The monoisotopic (exact) mass is 698 g/mol. The third-order valence-electron chi connectivity index (χ3n) is 9.27. The smallest absolute Gasteiger partial charge is 0.342 e. The number of benzene rings is 3. The number of phenolic OH excluding ortho intramolecular Hbond substituents is 2. The van der Waals surface area contributed by atoms with E-state index in [4.69, 9.17) is 18.9 Å². The quantitative estimate of drug-likeness (QED) is 0.129. The average Bonchev–Trinajstić information content (AvgIpc) is 3.52. The molecule has 4 N–H and O–H groups in total. The van der Waals surface area contributed by atoms with Crippen molar-refractivity contribution in [3.05, 3.63) is 82.6 Å². The number of ketones is 1. The van der Waals surface area contributed by atoms with Crippen molar-refractivity contribution >= 4 is 34.6 Å². The van der Waals surface area contributed by atoms with Crippen molar-refractivity contribution in [1.29, 1.82) is 0 Å². The number of methoxy groups -OCH3 is 3. The Bertz CT molecular complexity index is 1890. The van der Waals surface area contributed by atoms with Crippen LogP contribution in [0.25, 0.3) is 17.0 Å². The van der Waals surface area contributed by atoms with E-state index in [-0.39, 0.29) is 40.6 Å². The molecule has 0 aliphatic carbocycles. The lowest BCUT2D eigenvalue weighted by Crippen LogP contribution is -2.27. The molecule has 4 aromatic rings. The zero-order chi connectivity index (χ0) is 36.5. The largest absolute Gasteiger partial charge is 0.507 e. The van der Waals surface area contributed by atoms with E-state index in [9.17, 15) is 24.6 Å².